The van der Waals surface area contributed by atoms with Gasteiger partial charge in [0.15, 0.2) is 0 Å². The van der Waals surface area contributed by atoms with E-state index in [1.54, 1.807) is 25.1 Å². The van der Waals surface area contributed by atoms with Crippen LogP contribution in [0.15, 0.2) is 23.3 Å². The molecule has 0 aliphatic carbocycles. The Kier molecular flexibility index (Phi) is 5.55. The number of esters is 1. The Morgan fingerprint density at radius 1 is 1.41 bits per heavy atom. The number of ether oxygens (including phenoxy) is 1. The van der Waals surface area contributed by atoms with Gasteiger partial charge in [-0.2, -0.15) is 5.10 Å². The molecule has 0 aromatic heterocycles. The number of benzene rings is 1. The highest BCUT2D eigenvalue weighted by Gasteiger charge is 2.08. The average Bonchev–Trinajstić information content (AvgIpc) is 2.30. The normalized spacial score (nSPS) is 11.2. The van der Waals surface area contributed by atoms with Gasteiger partial charge in [0.25, 0.3) is 0 Å². The summed E-state index contributed by atoms with van der Waals surface area (Å²) >= 11 is 17.1. The molecule has 0 atom stereocenters. The first-order valence-corrected chi connectivity index (χ1v) is 5.79. The maximum Gasteiger partial charge on any atom is 0.370 e. The van der Waals surface area contributed by atoms with Crippen molar-refractivity contribution in [1.29, 1.82) is 0 Å². The van der Waals surface area contributed by atoms with Crippen LogP contribution in [0.5, 0.6) is 0 Å². The zero-order chi connectivity index (χ0) is 12.8. The Labute approximate surface area is 113 Å². The minimum absolute atomic E-state index is 0.233. The summed E-state index contributed by atoms with van der Waals surface area (Å²) in [6.45, 7) is 1.91. The number of rotatable bonds is 4. The van der Waals surface area contributed by atoms with Gasteiger partial charge in [-0.25, -0.2) is 4.79 Å². The van der Waals surface area contributed by atoms with Crippen molar-refractivity contribution in [3.63, 3.8) is 0 Å². The van der Waals surface area contributed by atoms with E-state index >= 15 is 0 Å². The second-order valence-electron chi connectivity index (χ2n) is 2.86. The summed E-state index contributed by atoms with van der Waals surface area (Å²) in [7, 11) is 0. The van der Waals surface area contributed by atoms with E-state index in [1.165, 1.54) is 0 Å². The molecule has 1 rings (SSSR count). The summed E-state index contributed by atoms with van der Waals surface area (Å²) in [5.41, 5.74) is 3.12. The van der Waals surface area contributed by atoms with Gasteiger partial charge in [0, 0.05) is 0 Å². The topological polar surface area (TPSA) is 50.7 Å². The first-order valence-electron chi connectivity index (χ1n) is 4.66. The second kappa shape index (κ2) is 6.69. The molecule has 7 heteroatoms. The highest BCUT2D eigenvalue weighted by Crippen LogP contribution is 2.24. The zero-order valence-electron chi connectivity index (χ0n) is 8.84. The van der Waals surface area contributed by atoms with Crippen molar-refractivity contribution in [2.75, 3.05) is 12.0 Å². The molecular weight excluding hydrogens is 286 g/mol. The Bertz CT molecular complexity index is 449. The predicted octanol–water partition coefficient (Wildman–Crippen LogP) is 3.52. The molecule has 0 saturated carbocycles. The molecule has 0 spiro atoms. The van der Waals surface area contributed by atoms with E-state index in [4.69, 9.17) is 34.8 Å². The number of hydrazone groups is 1. The smallest absolute Gasteiger partial charge is 0.370 e. The van der Waals surface area contributed by atoms with Crippen LogP contribution in [0.1, 0.15) is 6.92 Å². The van der Waals surface area contributed by atoms with Crippen molar-refractivity contribution in [1.82, 2.24) is 0 Å². The molecule has 0 radical (unpaired) electrons. The molecule has 0 bridgehead atoms. The molecule has 0 aliphatic heterocycles. The molecule has 1 N–H and O–H groups in total. The van der Waals surface area contributed by atoms with Crippen LogP contribution in [0.3, 0.4) is 0 Å². The predicted molar refractivity (Wildman–Crippen MR) is 70.0 cm³/mol. The summed E-state index contributed by atoms with van der Waals surface area (Å²) in [5, 5.41) is 4.15. The third-order valence-corrected chi connectivity index (χ3v) is 2.62. The Balaban J connectivity index is 2.69. The van der Waals surface area contributed by atoms with Gasteiger partial charge in [-0.1, -0.05) is 34.8 Å². The van der Waals surface area contributed by atoms with Crippen molar-refractivity contribution >= 4 is 51.6 Å². The van der Waals surface area contributed by atoms with Gasteiger partial charge in [0.05, 0.1) is 22.3 Å². The minimum atomic E-state index is -0.693. The van der Waals surface area contributed by atoms with E-state index in [0.29, 0.717) is 15.7 Å². The van der Waals surface area contributed by atoms with E-state index in [1.807, 2.05) is 0 Å². The standard InChI is InChI=1S/C10H9Cl3N2O2/c1-2-17-10(16)9(13)15-14-6-3-4-7(11)8(12)5-6/h3-5,14H,2H2,1H3/b15-9+. The summed E-state index contributed by atoms with van der Waals surface area (Å²) in [6, 6.07) is 4.80. The Morgan fingerprint density at radius 2 is 2.12 bits per heavy atom. The molecule has 0 unspecified atom stereocenters. The van der Waals surface area contributed by atoms with E-state index < -0.39 is 5.97 Å². The van der Waals surface area contributed by atoms with Crippen LogP contribution in [0.25, 0.3) is 0 Å². The van der Waals surface area contributed by atoms with E-state index in [0.717, 1.165) is 0 Å². The second-order valence-corrected chi connectivity index (χ2v) is 4.04. The summed E-state index contributed by atoms with van der Waals surface area (Å²) in [5.74, 6) is -0.693. The fourth-order valence-electron chi connectivity index (χ4n) is 0.916. The van der Waals surface area contributed by atoms with Crippen molar-refractivity contribution in [2.24, 2.45) is 5.10 Å². The van der Waals surface area contributed by atoms with Crippen LogP contribution >= 0.6 is 34.8 Å². The SMILES string of the molecule is CCOC(=O)/C(Cl)=N\Nc1ccc(Cl)c(Cl)c1. The number of halogens is 3. The maximum absolute atomic E-state index is 11.1. The van der Waals surface area contributed by atoms with Crippen molar-refractivity contribution in [2.45, 2.75) is 6.92 Å². The van der Waals surface area contributed by atoms with E-state index in [2.05, 4.69) is 15.3 Å². The molecule has 0 heterocycles. The average molecular weight is 296 g/mol. The fraction of sp³-hybridized carbons (Fsp3) is 0.200. The van der Waals surface area contributed by atoms with Crippen molar-refractivity contribution < 1.29 is 9.53 Å². The van der Waals surface area contributed by atoms with E-state index in [-0.39, 0.29) is 11.8 Å². The maximum atomic E-state index is 11.1. The molecule has 0 aliphatic rings. The number of nitrogens with one attached hydrogen (secondary N) is 1. The lowest BCUT2D eigenvalue weighted by Crippen LogP contribution is -2.13. The zero-order valence-corrected chi connectivity index (χ0v) is 11.1. The number of hydrogen-bond acceptors (Lipinski definition) is 4. The Hall–Kier alpha value is -0.970. The summed E-state index contributed by atoms with van der Waals surface area (Å²) in [4.78, 5) is 11.1. The molecule has 0 fully saturated rings. The van der Waals surface area contributed by atoms with Crippen LogP contribution < -0.4 is 5.43 Å². The highest BCUT2D eigenvalue weighted by atomic mass is 35.5. The lowest BCUT2D eigenvalue weighted by atomic mass is 10.3. The molecule has 4 nitrogen and oxygen atoms in total. The van der Waals surface area contributed by atoms with Crippen molar-refractivity contribution in [3.8, 4) is 0 Å². The molecule has 17 heavy (non-hydrogen) atoms. The third-order valence-electron chi connectivity index (χ3n) is 1.65. The summed E-state index contributed by atoms with van der Waals surface area (Å²) in [6.07, 6.45) is 0. The first kappa shape index (κ1) is 14.1. The number of nitrogens with zero attached hydrogens (tertiary/aromatic N) is 1. The van der Waals surface area contributed by atoms with Crippen LogP contribution in [0.4, 0.5) is 5.69 Å². The van der Waals surface area contributed by atoms with Gasteiger partial charge in [-0.3, -0.25) is 5.43 Å². The summed E-state index contributed by atoms with van der Waals surface area (Å²) < 4.78 is 4.65. The molecule has 1 aromatic rings. The van der Waals surface area contributed by atoms with E-state index in [9.17, 15) is 4.79 Å². The third kappa shape index (κ3) is 4.42. The molecule has 92 valence electrons. The largest absolute Gasteiger partial charge is 0.461 e. The molecular formula is C10H9Cl3N2O2. The Morgan fingerprint density at radius 3 is 2.71 bits per heavy atom. The van der Waals surface area contributed by atoms with Crippen LogP contribution in [-0.4, -0.2) is 17.7 Å². The number of hydrogen-bond donors (Lipinski definition) is 1. The van der Waals surface area contributed by atoms with Crippen LogP contribution in [0, 0.1) is 0 Å². The van der Waals surface area contributed by atoms with Crippen LogP contribution in [-0.2, 0) is 9.53 Å². The van der Waals surface area contributed by atoms with Crippen LogP contribution in [0.2, 0.25) is 10.0 Å². The monoisotopic (exact) mass is 294 g/mol. The van der Waals surface area contributed by atoms with Gasteiger partial charge < -0.3 is 4.74 Å². The fourth-order valence-corrected chi connectivity index (χ4v) is 1.31. The number of carbonyl (C=O) groups excluding carboxylic acids is 1. The van der Waals surface area contributed by atoms with Gasteiger partial charge in [0.2, 0.25) is 5.17 Å². The lowest BCUT2D eigenvalue weighted by Gasteiger charge is -2.03. The lowest BCUT2D eigenvalue weighted by molar-refractivity contribution is -0.134. The van der Waals surface area contributed by atoms with Gasteiger partial charge in [0.1, 0.15) is 0 Å². The highest BCUT2D eigenvalue weighted by molar-refractivity contribution is 6.82. The number of carbonyl (C=O) groups is 1. The number of anilines is 1. The molecule has 1 aromatic carbocycles. The van der Waals surface area contributed by atoms with Gasteiger partial charge in [-0.15, -0.1) is 0 Å². The molecule has 0 amide bonds. The quantitative estimate of drug-likeness (QED) is 0.525. The van der Waals surface area contributed by atoms with Gasteiger partial charge >= 0.3 is 5.97 Å². The van der Waals surface area contributed by atoms with Crippen molar-refractivity contribution in [3.05, 3.63) is 28.2 Å². The molecule has 0 saturated heterocycles. The minimum Gasteiger partial charge on any atom is -0.461 e. The van der Waals surface area contributed by atoms with Gasteiger partial charge in [-0.05, 0) is 25.1 Å². The first-order chi connectivity index (χ1) is 8.04.